The van der Waals surface area contributed by atoms with E-state index in [-0.39, 0.29) is 18.2 Å². The normalized spacial score (nSPS) is 16.2. The average Bonchev–Trinajstić information content (AvgIpc) is 3.10. The van der Waals surface area contributed by atoms with E-state index >= 15 is 0 Å². The third-order valence-corrected chi connectivity index (χ3v) is 5.12. The SMILES string of the molecule is COc1ccc(NC(=O)[C@@H]2CC(=O)NC(Nc3nc4ccccc4s3)=[NH+]2)cc1. The number of anilines is 2. The molecule has 4 N–H and O–H groups in total. The second-order valence-corrected chi connectivity index (χ2v) is 7.18. The zero-order valence-electron chi connectivity index (χ0n) is 15.0. The Bertz CT molecular complexity index is 1030. The topological polar surface area (TPSA) is 106 Å². The first-order chi connectivity index (χ1) is 13.6. The van der Waals surface area contributed by atoms with Crippen molar-refractivity contribution in [2.75, 3.05) is 17.7 Å². The van der Waals surface area contributed by atoms with E-state index in [0.717, 1.165) is 10.2 Å². The van der Waals surface area contributed by atoms with Crippen molar-refractivity contribution in [3.63, 3.8) is 0 Å². The quantitative estimate of drug-likeness (QED) is 0.519. The van der Waals surface area contributed by atoms with Crippen LogP contribution in [0.2, 0.25) is 0 Å². The van der Waals surface area contributed by atoms with Gasteiger partial charge in [0.25, 0.3) is 16.9 Å². The molecular weight excluding hydrogens is 378 g/mol. The van der Waals surface area contributed by atoms with Crippen molar-refractivity contribution in [3.8, 4) is 5.75 Å². The highest BCUT2D eigenvalue weighted by Crippen LogP contribution is 2.25. The van der Waals surface area contributed by atoms with Gasteiger partial charge in [-0.15, -0.1) is 0 Å². The van der Waals surface area contributed by atoms with Gasteiger partial charge in [0.05, 0.1) is 23.7 Å². The molecule has 0 radical (unpaired) electrons. The van der Waals surface area contributed by atoms with Crippen LogP contribution in [0.15, 0.2) is 48.5 Å². The summed E-state index contributed by atoms with van der Waals surface area (Å²) in [6.07, 6.45) is 0.0347. The van der Waals surface area contributed by atoms with Crippen LogP contribution in [0.5, 0.6) is 5.75 Å². The maximum Gasteiger partial charge on any atom is 0.358 e. The van der Waals surface area contributed by atoms with E-state index in [1.54, 1.807) is 31.4 Å². The predicted molar refractivity (Wildman–Crippen MR) is 107 cm³/mol. The molecule has 8 nitrogen and oxygen atoms in total. The third kappa shape index (κ3) is 3.94. The summed E-state index contributed by atoms with van der Waals surface area (Å²) in [7, 11) is 1.58. The number of fused-ring (bicyclic) bond motifs is 1. The molecule has 9 heteroatoms. The lowest BCUT2D eigenvalue weighted by Crippen LogP contribution is -2.89. The van der Waals surface area contributed by atoms with Gasteiger partial charge in [0.2, 0.25) is 0 Å². The van der Waals surface area contributed by atoms with E-state index in [1.165, 1.54) is 11.3 Å². The van der Waals surface area contributed by atoms with Crippen LogP contribution >= 0.6 is 11.3 Å². The summed E-state index contributed by atoms with van der Waals surface area (Å²) in [6.45, 7) is 0. The standard InChI is InChI=1S/C19H17N5O3S/c1-27-12-8-6-11(7-9-12)20-17(26)14-10-16(25)23-18(21-14)24-19-22-13-4-2-3-5-15(13)28-19/h2-9,14H,10H2,1H3,(H,20,26)(H2,21,22,23,24,25)/p+1/t14-/m0/s1. The number of para-hydroxylation sites is 1. The second kappa shape index (κ2) is 7.65. The lowest BCUT2D eigenvalue weighted by molar-refractivity contribution is -0.490. The summed E-state index contributed by atoms with van der Waals surface area (Å²) in [4.78, 5) is 32.1. The lowest BCUT2D eigenvalue weighted by Gasteiger charge is -2.16. The largest absolute Gasteiger partial charge is 0.497 e. The average molecular weight is 396 g/mol. The van der Waals surface area contributed by atoms with Gasteiger partial charge >= 0.3 is 5.96 Å². The van der Waals surface area contributed by atoms with Crippen molar-refractivity contribution in [1.82, 2.24) is 10.3 Å². The monoisotopic (exact) mass is 396 g/mol. The third-order valence-electron chi connectivity index (χ3n) is 4.17. The Morgan fingerprint density at radius 3 is 2.79 bits per heavy atom. The fraction of sp³-hybridized carbons (Fsp3) is 0.158. The number of ether oxygens (including phenoxy) is 1. The first-order valence-corrected chi connectivity index (χ1v) is 9.43. The van der Waals surface area contributed by atoms with Crippen molar-refractivity contribution in [2.45, 2.75) is 12.5 Å². The van der Waals surface area contributed by atoms with Crippen LogP contribution in [0.3, 0.4) is 0 Å². The molecule has 1 aliphatic heterocycles. The molecule has 2 amide bonds. The molecule has 1 aromatic heterocycles. The van der Waals surface area contributed by atoms with Gasteiger partial charge < -0.3 is 10.1 Å². The first kappa shape index (κ1) is 17.9. The number of thiazole rings is 1. The molecule has 0 fully saturated rings. The number of amides is 2. The second-order valence-electron chi connectivity index (χ2n) is 6.15. The van der Waals surface area contributed by atoms with Gasteiger partial charge in [0, 0.05) is 5.69 Å². The number of carbonyl (C=O) groups excluding carboxylic acids is 2. The Kier molecular flexibility index (Phi) is 4.90. The molecule has 28 heavy (non-hydrogen) atoms. The Balaban J connectivity index is 1.48. The molecule has 4 rings (SSSR count). The van der Waals surface area contributed by atoms with Crippen molar-refractivity contribution in [1.29, 1.82) is 0 Å². The van der Waals surface area contributed by atoms with Crippen LogP contribution in [0.25, 0.3) is 10.2 Å². The molecule has 2 heterocycles. The van der Waals surface area contributed by atoms with E-state index in [0.29, 0.717) is 22.5 Å². The van der Waals surface area contributed by atoms with Crippen molar-refractivity contribution < 1.29 is 19.3 Å². The highest BCUT2D eigenvalue weighted by atomic mass is 32.1. The van der Waals surface area contributed by atoms with Crippen LogP contribution in [-0.4, -0.2) is 35.9 Å². The Labute approximate surface area is 164 Å². The van der Waals surface area contributed by atoms with E-state index in [9.17, 15) is 9.59 Å². The Hall–Kier alpha value is -3.46. The zero-order chi connectivity index (χ0) is 19.5. The summed E-state index contributed by atoms with van der Waals surface area (Å²) < 4.78 is 6.13. The highest BCUT2D eigenvalue weighted by Gasteiger charge is 2.31. The summed E-state index contributed by atoms with van der Waals surface area (Å²) in [5, 5.41) is 9.17. The Morgan fingerprint density at radius 2 is 2.04 bits per heavy atom. The van der Waals surface area contributed by atoms with Crippen LogP contribution in [-0.2, 0) is 9.59 Å². The maximum absolute atomic E-state index is 12.6. The van der Waals surface area contributed by atoms with Crippen LogP contribution in [0, 0.1) is 0 Å². The fourth-order valence-electron chi connectivity index (χ4n) is 2.80. The highest BCUT2D eigenvalue weighted by molar-refractivity contribution is 7.22. The summed E-state index contributed by atoms with van der Waals surface area (Å²) in [5.74, 6) is 0.481. The van der Waals surface area contributed by atoms with Crippen LogP contribution < -0.4 is 25.7 Å². The molecule has 0 bridgehead atoms. The zero-order valence-corrected chi connectivity index (χ0v) is 15.8. The molecule has 142 valence electrons. The number of hydrogen-bond donors (Lipinski definition) is 4. The Morgan fingerprint density at radius 1 is 1.25 bits per heavy atom. The number of nitrogens with zero attached hydrogens (tertiary/aromatic N) is 1. The van der Waals surface area contributed by atoms with Crippen molar-refractivity contribution in [3.05, 3.63) is 48.5 Å². The number of rotatable bonds is 4. The van der Waals surface area contributed by atoms with Gasteiger partial charge in [0.1, 0.15) is 5.75 Å². The predicted octanol–water partition coefficient (Wildman–Crippen LogP) is 0.681. The van der Waals surface area contributed by atoms with E-state index in [1.807, 2.05) is 24.3 Å². The summed E-state index contributed by atoms with van der Waals surface area (Å²) >= 11 is 1.46. The molecule has 2 aromatic carbocycles. The molecule has 1 aliphatic rings. The van der Waals surface area contributed by atoms with E-state index in [4.69, 9.17) is 4.74 Å². The van der Waals surface area contributed by atoms with Gasteiger partial charge in [0.15, 0.2) is 6.04 Å². The van der Waals surface area contributed by atoms with Crippen molar-refractivity contribution >= 4 is 50.1 Å². The van der Waals surface area contributed by atoms with Gasteiger partial charge in [-0.3, -0.25) is 14.6 Å². The number of guanidine groups is 1. The smallest absolute Gasteiger partial charge is 0.358 e. The minimum Gasteiger partial charge on any atom is -0.497 e. The molecule has 0 saturated carbocycles. The summed E-state index contributed by atoms with van der Waals surface area (Å²) in [5.41, 5.74) is 1.49. The van der Waals surface area contributed by atoms with Gasteiger partial charge in [-0.25, -0.2) is 15.6 Å². The number of carbonyl (C=O) groups is 2. The van der Waals surface area contributed by atoms with E-state index < -0.39 is 6.04 Å². The van der Waals surface area contributed by atoms with Crippen LogP contribution in [0.1, 0.15) is 6.42 Å². The number of benzene rings is 2. The summed E-state index contributed by atoms with van der Waals surface area (Å²) in [6, 6.07) is 14.0. The maximum atomic E-state index is 12.6. The van der Waals surface area contributed by atoms with Gasteiger partial charge in [-0.1, -0.05) is 23.5 Å². The van der Waals surface area contributed by atoms with E-state index in [2.05, 4.69) is 25.9 Å². The number of nitrogens with one attached hydrogen (secondary N) is 4. The molecule has 0 saturated heterocycles. The number of hydrogen-bond acceptors (Lipinski definition) is 6. The van der Waals surface area contributed by atoms with Gasteiger partial charge in [-0.2, -0.15) is 0 Å². The lowest BCUT2D eigenvalue weighted by atomic mass is 10.1. The number of methoxy groups -OCH3 is 1. The number of aromatic nitrogens is 1. The molecule has 1 atom stereocenters. The van der Waals surface area contributed by atoms with Gasteiger partial charge in [-0.05, 0) is 36.4 Å². The van der Waals surface area contributed by atoms with Crippen LogP contribution in [0.4, 0.5) is 10.8 Å². The minimum absolute atomic E-state index is 0.0347. The minimum atomic E-state index is -0.701. The molecule has 0 unspecified atom stereocenters. The molecule has 3 aromatic rings. The van der Waals surface area contributed by atoms with Crippen molar-refractivity contribution in [2.24, 2.45) is 0 Å². The first-order valence-electron chi connectivity index (χ1n) is 8.61. The molecular formula is C19H18N5O3S+. The fourth-order valence-corrected chi connectivity index (χ4v) is 3.67. The molecule has 0 spiro atoms. The molecule has 0 aliphatic carbocycles.